The van der Waals surface area contributed by atoms with Gasteiger partial charge in [-0.05, 0) is 43.4 Å². The summed E-state index contributed by atoms with van der Waals surface area (Å²) in [6, 6.07) is 10.5. The van der Waals surface area contributed by atoms with Gasteiger partial charge in [-0.25, -0.2) is 4.79 Å². The number of amides is 1. The highest BCUT2D eigenvalue weighted by molar-refractivity contribution is 9.10. The van der Waals surface area contributed by atoms with Crippen molar-refractivity contribution in [2.75, 3.05) is 57.7 Å². The summed E-state index contributed by atoms with van der Waals surface area (Å²) in [7, 11) is 4.94. The SMILES string of the molecule is COC(=O)c1ccc(N2CCN(C)CC2)c(NC(=O)c2cc(Br)ccc2OC)c1. The van der Waals surface area contributed by atoms with Gasteiger partial charge in [-0.2, -0.15) is 0 Å². The van der Waals surface area contributed by atoms with E-state index in [1.807, 2.05) is 12.1 Å². The standard InChI is InChI=1S/C21H24BrN3O4/c1-24-8-10-25(11-9-24)18-6-4-14(21(27)29-3)12-17(18)23-20(26)16-13-15(22)5-7-19(16)28-2/h4-7,12-13H,8-11H2,1-3H3,(H,23,26). The molecule has 0 aromatic heterocycles. The van der Waals surface area contributed by atoms with Gasteiger partial charge in [0.25, 0.3) is 5.91 Å². The van der Waals surface area contributed by atoms with Crippen molar-refractivity contribution >= 4 is 39.2 Å². The fourth-order valence-electron chi connectivity index (χ4n) is 3.25. The third-order valence-electron chi connectivity index (χ3n) is 4.92. The van der Waals surface area contributed by atoms with Crippen LogP contribution in [0.15, 0.2) is 40.9 Å². The zero-order valence-electron chi connectivity index (χ0n) is 16.7. The van der Waals surface area contributed by atoms with Gasteiger partial charge in [0.05, 0.1) is 36.7 Å². The van der Waals surface area contributed by atoms with Crippen LogP contribution in [0.25, 0.3) is 0 Å². The monoisotopic (exact) mass is 461 g/mol. The maximum atomic E-state index is 13.0. The van der Waals surface area contributed by atoms with Crippen LogP contribution < -0.4 is 15.0 Å². The Labute approximate surface area is 178 Å². The Morgan fingerprint density at radius 1 is 1.03 bits per heavy atom. The zero-order valence-corrected chi connectivity index (χ0v) is 18.3. The Hall–Kier alpha value is -2.58. The molecule has 8 heteroatoms. The summed E-state index contributed by atoms with van der Waals surface area (Å²) in [4.78, 5) is 29.5. The number of esters is 1. The minimum Gasteiger partial charge on any atom is -0.496 e. The first-order chi connectivity index (χ1) is 13.9. The molecule has 154 valence electrons. The number of methoxy groups -OCH3 is 2. The fourth-order valence-corrected chi connectivity index (χ4v) is 3.61. The van der Waals surface area contributed by atoms with Crippen LogP contribution in [0.2, 0.25) is 0 Å². The molecule has 0 unspecified atom stereocenters. The Bertz CT molecular complexity index is 911. The molecule has 0 saturated carbocycles. The molecule has 0 spiro atoms. The molecule has 0 radical (unpaired) electrons. The molecular formula is C21H24BrN3O4. The summed E-state index contributed by atoms with van der Waals surface area (Å²) in [5.41, 5.74) is 2.20. The number of anilines is 2. The van der Waals surface area contributed by atoms with Crippen molar-refractivity contribution in [1.82, 2.24) is 4.90 Å². The van der Waals surface area contributed by atoms with Crippen molar-refractivity contribution in [1.29, 1.82) is 0 Å². The Balaban J connectivity index is 1.96. The second-order valence-electron chi connectivity index (χ2n) is 6.81. The first-order valence-corrected chi connectivity index (χ1v) is 10.0. The van der Waals surface area contributed by atoms with E-state index in [2.05, 4.69) is 38.1 Å². The highest BCUT2D eigenvalue weighted by Crippen LogP contribution is 2.30. The third-order valence-corrected chi connectivity index (χ3v) is 5.41. The number of nitrogens with zero attached hydrogens (tertiary/aromatic N) is 2. The van der Waals surface area contributed by atoms with E-state index in [1.54, 1.807) is 24.3 Å². The molecule has 0 aliphatic carbocycles. The smallest absolute Gasteiger partial charge is 0.337 e. The summed E-state index contributed by atoms with van der Waals surface area (Å²) in [6.45, 7) is 3.51. The van der Waals surface area contributed by atoms with E-state index in [1.165, 1.54) is 14.2 Å². The minimum atomic E-state index is -0.453. The Kier molecular flexibility index (Phi) is 6.76. The minimum absolute atomic E-state index is 0.319. The molecule has 1 saturated heterocycles. The number of halogens is 1. The van der Waals surface area contributed by atoms with Crippen molar-refractivity contribution in [2.45, 2.75) is 0 Å². The largest absolute Gasteiger partial charge is 0.496 e. The van der Waals surface area contributed by atoms with E-state index >= 15 is 0 Å². The molecule has 1 amide bonds. The molecule has 1 aliphatic heterocycles. The van der Waals surface area contributed by atoms with Gasteiger partial charge in [0.1, 0.15) is 5.75 Å². The molecule has 0 atom stereocenters. The highest BCUT2D eigenvalue weighted by Gasteiger charge is 2.21. The Morgan fingerprint density at radius 2 is 1.76 bits per heavy atom. The number of likely N-dealkylation sites (N-methyl/N-ethyl adjacent to an activating group) is 1. The molecular weight excluding hydrogens is 438 g/mol. The summed E-state index contributed by atoms with van der Waals surface area (Å²) in [6.07, 6.45) is 0. The van der Waals surface area contributed by atoms with Crippen molar-refractivity contribution in [3.63, 3.8) is 0 Å². The van der Waals surface area contributed by atoms with Gasteiger partial charge >= 0.3 is 5.97 Å². The predicted molar refractivity (Wildman–Crippen MR) is 116 cm³/mol. The van der Waals surface area contributed by atoms with Crippen molar-refractivity contribution in [3.8, 4) is 5.75 Å². The van der Waals surface area contributed by atoms with Crippen molar-refractivity contribution in [3.05, 3.63) is 52.0 Å². The number of hydrogen-bond donors (Lipinski definition) is 1. The molecule has 1 N–H and O–H groups in total. The second-order valence-corrected chi connectivity index (χ2v) is 7.73. The van der Waals surface area contributed by atoms with Crippen LogP contribution in [0.5, 0.6) is 5.75 Å². The van der Waals surface area contributed by atoms with Crippen LogP contribution in [0.3, 0.4) is 0 Å². The number of hydrogen-bond acceptors (Lipinski definition) is 6. The number of rotatable bonds is 5. The van der Waals surface area contributed by atoms with E-state index in [0.717, 1.165) is 36.3 Å². The lowest BCUT2D eigenvalue weighted by molar-refractivity contribution is 0.0600. The number of nitrogens with one attached hydrogen (secondary N) is 1. The number of carbonyl (C=O) groups excluding carboxylic acids is 2. The van der Waals surface area contributed by atoms with Crippen molar-refractivity contribution in [2.24, 2.45) is 0 Å². The number of piperazine rings is 1. The van der Waals surface area contributed by atoms with Gasteiger partial charge in [0.2, 0.25) is 0 Å². The van der Waals surface area contributed by atoms with E-state index < -0.39 is 5.97 Å². The lowest BCUT2D eigenvalue weighted by Gasteiger charge is -2.35. The van der Waals surface area contributed by atoms with Gasteiger partial charge in [-0.15, -0.1) is 0 Å². The molecule has 1 fully saturated rings. The lowest BCUT2D eigenvalue weighted by atomic mass is 10.1. The average molecular weight is 462 g/mol. The zero-order chi connectivity index (χ0) is 21.0. The van der Waals surface area contributed by atoms with Gasteiger partial charge in [-0.3, -0.25) is 4.79 Å². The number of ether oxygens (including phenoxy) is 2. The third kappa shape index (κ3) is 4.89. The van der Waals surface area contributed by atoms with E-state index in [4.69, 9.17) is 9.47 Å². The van der Waals surface area contributed by atoms with Gasteiger partial charge in [0, 0.05) is 30.7 Å². The lowest BCUT2D eigenvalue weighted by Crippen LogP contribution is -2.44. The molecule has 2 aromatic rings. The van der Waals surface area contributed by atoms with Crippen LogP contribution in [0, 0.1) is 0 Å². The van der Waals surface area contributed by atoms with Crippen LogP contribution in [0.4, 0.5) is 11.4 Å². The first kappa shape index (κ1) is 21.1. The van der Waals surface area contributed by atoms with Gasteiger partial charge < -0.3 is 24.6 Å². The molecule has 2 aromatic carbocycles. The van der Waals surface area contributed by atoms with Crippen LogP contribution >= 0.6 is 15.9 Å². The topological polar surface area (TPSA) is 71.1 Å². The first-order valence-electron chi connectivity index (χ1n) is 9.23. The Morgan fingerprint density at radius 3 is 2.41 bits per heavy atom. The second kappa shape index (κ2) is 9.28. The average Bonchev–Trinajstić information content (AvgIpc) is 2.73. The summed E-state index contributed by atoms with van der Waals surface area (Å²) >= 11 is 3.39. The quantitative estimate of drug-likeness (QED) is 0.689. The predicted octanol–water partition coefficient (Wildman–Crippen LogP) is 3.25. The van der Waals surface area contributed by atoms with E-state index in [-0.39, 0.29) is 5.91 Å². The number of carbonyl (C=O) groups is 2. The summed E-state index contributed by atoms with van der Waals surface area (Å²) < 4.78 is 10.9. The highest BCUT2D eigenvalue weighted by atomic mass is 79.9. The van der Waals surface area contributed by atoms with Gasteiger partial charge in [0.15, 0.2) is 0 Å². The van der Waals surface area contributed by atoms with Crippen LogP contribution in [-0.4, -0.2) is 64.2 Å². The summed E-state index contributed by atoms with van der Waals surface area (Å²) in [5, 5.41) is 2.95. The molecule has 3 rings (SSSR count). The molecule has 29 heavy (non-hydrogen) atoms. The van der Waals surface area contributed by atoms with E-state index in [9.17, 15) is 9.59 Å². The molecule has 1 heterocycles. The fraction of sp³-hybridized carbons (Fsp3) is 0.333. The van der Waals surface area contributed by atoms with Crippen molar-refractivity contribution < 1.29 is 19.1 Å². The molecule has 7 nitrogen and oxygen atoms in total. The number of benzene rings is 2. The normalized spacial score (nSPS) is 14.4. The van der Waals surface area contributed by atoms with E-state index in [0.29, 0.717) is 22.6 Å². The maximum Gasteiger partial charge on any atom is 0.337 e. The van der Waals surface area contributed by atoms with Gasteiger partial charge in [-0.1, -0.05) is 15.9 Å². The molecule has 1 aliphatic rings. The molecule has 0 bridgehead atoms. The van der Waals surface area contributed by atoms with Crippen LogP contribution in [0.1, 0.15) is 20.7 Å². The van der Waals surface area contributed by atoms with Crippen LogP contribution in [-0.2, 0) is 4.74 Å². The summed E-state index contributed by atoms with van der Waals surface area (Å²) in [5.74, 6) is -0.304. The maximum absolute atomic E-state index is 13.0.